The summed E-state index contributed by atoms with van der Waals surface area (Å²) in [6.07, 6.45) is 0.236. The van der Waals surface area contributed by atoms with E-state index < -0.39 is 0 Å². The number of halogens is 2. The first-order valence-corrected chi connectivity index (χ1v) is 9.12. The molecule has 1 aliphatic rings. The van der Waals surface area contributed by atoms with Crippen molar-refractivity contribution >= 4 is 23.4 Å². The summed E-state index contributed by atoms with van der Waals surface area (Å²) < 4.78 is 18.3. The first kappa shape index (κ1) is 19.2. The van der Waals surface area contributed by atoms with Crippen molar-refractivity contribution in [3.05, 3.63) is 64.9 Å². The highest BCUT2D eigenvalue weighted by Crippen LogP contribution is 2.15. The molecule has 2 aromatic carbocycles. The number of hydrogen-bond acceptors (Lipinski definition) is 3. The molecule has 1 fully saturated rings. The van der Waals surface area contributed by atoms with Crippen LogP contribution in [-0.2, 0) is 4.79 Å². The maximum absolute atomic E-state index is 12.8. The third-order valence-electron chi connectivity index (χ3n) is 4.39. The quantitative estimate of drug-likeness (QED) is 0.787. The second-order valence-electron chi connectivity index (χ2n) is 6.24. The van der Waals surface area contributed by atoms with E-state index in [-0.39, 0.29) is 30.7 Å². The molecule has 0 atom stereocenters. The zero-order valence-electron chi connectivity index (χ0n) is 14.7. The Morgan fingerprint density at radius 2 is 1.67 bits per heavy atom. The van der Waals surface area contributed by atoms with Crippen LogP contribution in [-0.4, -0.2) is 54.4 Å². The molecule has 0 aromatic heterocycles. The van der Waals surface area contributed by atoms with E-state index in [4.69, 9.17) is 16.3 Å². The molecule has 1 aliphatic heterocycles. The summed E-state index contributed by atoms with van der Waals surface area (Å²) in [5.74, 6) is 0.0981. The molecule has 0 saturated carbocycles. The summed E-state index contributed by atoms with van der Waals surface area (Å²) in [7, 11) is 0. The van der Waals surface area contributed by atoms with Gasteiger partial charge in [0.05, 0.1) is 13.0 Å². The average molecular weight is 391 g/mol. The van der Waals surface area contributed by atoms with Gasteiger partial charge < -0.3 is 14.5 Å². The minimum absolute atomic E-state index is 0.0213. The van der Waals surface area contributed by atoms with E-state index in [1.54, 1.807) is 34.1 Å². The summed E-state index contributed by atoms with van der Waals surface area (Å²) in [4.78, 5) is 28.3. The molecule has 0 radical (unpaired) electrons. The Labute approximate surface area is 162 Å². The lowest BCUT2D eigenvalue weighted by Crippen LogP contribution is -2.50. The lowest BCUT2D eigenvalue weighted by molar-refractivity contribution is -0.133. The van der Waals surface area contributed by atoms with E-state index in [1.165, 1.54) is 24.3 Å². The molecule has 1 saturated heterocycles. The lowest BCUT2D eigenvalue weighted by Gasteiger charge is -2.35. The zero-order chi connectivity index (χ0) is 19.2. The first-order chi connectivity index (χ1) is 13.0. The van der Waals surface area contributed by atoms with Gasteiger partial charge in [-0.05, 0) is 42.5 Å². The van der Waals surface area contributed by atoms with Crippen LogP contribution in [0.25, 0.3) is 0 Å². The Morgan fingerprint density at radius 3 is 2.33 bits per heavy atom. The molecule has 0 spiro atoms. The van der Waals surface area contributed by atoms with Crippen LogP contribution in [0.2, 0.25) is 5.02 Å². The van der Waals surface area contributed by atoms with Crippen LogP contribution in [0.4, 0.5) is 4.39 Å². The van der Waals surface area contributed by atoms with Gasteiger partial charge in [0.25, 0.3) is 5.91 Å². The van der Waals surface area contributed by atoms with Crippen molar-refractivity contribution in [1.29, 1.82) is 0 Å². The number of piperazine rings is 1. The number of ether oxygens (including phenoxy) is 1. The van der Waals surface area contributed by atoms with Gasteiger partial charge in [0, 0.05) is 36.8 Å². The van der Waals surface area contributed by atoms with Crippen molar-refractivity contribution in [2.45, 2.75) is 6.42 Å². The Balaban J connectivity index is 1.43. The van der Waals surface area contributed by atoms with Gasteiger partial charge in [-0.15, -0.1) is 0 Å². The van der Waals surface area contributed by atoms with E-state index in [1.807, 2.05) is 0 Å². The summed E-state index contributed by atoms with van der Waals surface area (Å²) >= 11 is 5.94. The number of rotatable bonds is 5. The van der Waals surface area contributed by atoms with Crippen LogP contribution < -0.4 is 4.74 Å². The zero-order valence-corrected chi connectivity index (χ0v) is 15.5. The number of benzene rings is 2. The number of carbonyl (C=O) groups is 2. The summed E-state index contributed by atoms with van der Waals surface area (Å²) in [6.45, 7) is 2.17. The Bertz CT molecular complexity index is 805. The van der Waals surface area contributed by atoms with Crippen molar-refractivity contribution in [1.82, 2.24) is 9.80 Å². The number of carbonyl (C=O) groups excluding carboxylic acids is 2. The molecule has 142 valence electrons. The third kappa shape index (κ3) is 5.20. The average Bonchev–Trinajstić information content (AvgIpc) is 2.69. The highest BCUT2D eigenvalue weighted by Gasteiger charge is 2.24. The number of nitrogens with zero attached hydrogens (tertiary/aromatic N) is 2. The maximum Gasteiger partial charge on any atom is 0.254 e. The van der Waals surface area contributed by atoms with Gasteiger partial charge in [-0.25, -0.2) is 4.39 Å². The van der Waals surface area contributed by atoms with Gasteiger partial charge in [-0.1, -0.05) is 17.7 Å². The van der Waals surface area contributed by atoms with Gasteiger partial charge in [0.2, 0.25) is 5.91 Å². The van der Waals surface area contributed by atoms with E-state index in [9.17, 15) is 14.0 Å². The summed E-state index contributed by atoms with van der Waals surface area (Å²) in [5, 5.41) is 0.524. The molecule has 1 heterocycles. The van der Waals surface area contributed by atoms with E-state index in [0.717, 1.165) is 0 Å². The molecule has 3 rings (SSSR count). The summed E-state index contributed by atoms with van der Waals surface area (Å²) in [6, 6.07) is 12.5. The van der Waals surface area contributed by atoms with E-state index >= 15 is 0 Å². The maximum atomic E-state index is 12.8. The fourth-order valence-corrected chi connectivity index (χ4v) is 3.10. The Morgan fingerprint density at radius 1 is 1.00 bits per heavy atom. The second kappa shape index (κ2) is 8.86. The number of hydrogen-bond donors (Lipinski definition) is 0. The standard InChI is InChI=1S/C20H20ClFN2O3/c21-16-3-1-2-15(14-16)20(26)24-11-9-23(10-12-24)19(25)8-13-27-18-6-4-17(22)5-7-18/h1-7,14H,8-13H2. The molecule has 2 aromatic rings. The molecule has 27 heavy (non-hydrogen) atoms. The number of amides is 2. The normalized spacial score (nSPS) is 14.1. The Hall–Kier alpha value is -2.60. The fourth-order valence-electron chi connectivity index (χ4n) is 2.91. The van der Waals surface area contributed by atoms with Gasteiger partial charge in [0.15, 0.2) is 0 Å². The van der Waals surface area contributed by atoms with Crippen LogP contribution in [0.15, 0.2) is 48.5 Å². The molecular formula is C20H20ClFN2O3. The van der Waals surface area contributed by atoms with Crippen LogP contribution in [0, 0.1) is 5.82 Å². The largest absolute Gasteiger partial charge is 0.493 e. The van der Waals surface area contributed by atoms with Crippen LogP contribution in [0.1, 0.15) is 16.8 Å². The van der Waals surface area contributed by atoms with Gasteiger partial charge in [0.1, 0.15) is 11.6 Å². The van der Waals surface area contributed by atoms with Crippen molar-refractivity contribution in [2.75, 3.05) is 32.8 Å². The molecule has 0 bridgehead atoms. The topological polar surface area (TPSA) is 49.9 Å². The van der Waals surface area contributed by atoms with Crippen molar-refractivity contribution in [2.24, 2.45) is 0 Å². The van der Waals surface area contributed by atoms with Crippen molar-refractivity contribution in [3.63, 3.8) is 0 Å². The fraction of sp³-hybridized carbons (Fsp3) is 0.300. The molecule has 0 aliphatic carbocycles. The SMILES string of the molecule is O=C(CCOc1ccc(F)cc1)N1CCN(C(=O)c2cccc(Cl)c2)CC1. The van der Waals surface area contributed by atoms with Crippen molar-refractivity contribution < 1.29 is 18.7 Å². The van der Waals surface area contributed by atoms with Crippen LogP contribution >= 0.6 is 11.6 Å². The van der Waals surface area contributed by atoms with Crippen molar-refractivity contribution in [3.8, 4) is 5.75 Å². The summed E-state index contributed by atoms with van der Waals surface area (Å²) in [5.41, 5.74) is 0.551. The lowest BCUT2D eigenvalue weighted by atomic mass is 10.2. The Kier molecular flexibility index (Phi) is 6.29. The van der Waals surface area contributed by atoms with Gasteiger partial charge in [-0.2, -0.15) is 0 Å². The third-order valence-corrected chi connectivity index (χ3v) is 4.62. The van der Waals surface area contributed by atoms with Gasteiger partial charge in [-0.3, -0.25) is 9.59 Å². The minimum Gasteiger partial charge on any atom is -0.493 e. The predicted molar refractivity (Wildman–Crippen MR) is 100 cm³/mol. The highest BCUT2D eigenvalue weighted by molar-refractivity contribution is 6.30. The van der Waals surface area contributed by atoms with E-state index in [2.05, 4.69) is 0 Å². The van der Waals surface area contributed by atoms with Crippen LogP contribution in [0.3, 0.4) is 0 Å². The smallest absolute Gasteiger partial charge is 0.254 e. The minimum atomic E-state index is -0.330. The predicted octanol–water partition coefficient (Wildman–Crippen LogP) is 3.23. The molecule has 0 N–H and O–H groups in total. The molecule has 2 amide bonds. The highest BCUT2D eigenvalue weighted by atomic mass is 35.5. The van der Waals surface area contributed by atoms with E-state index in [0.29, 0.717) is 42.5 Å². The molecule has 0 unspecified atom stereocenters. The van der Waals surface area contributed by atoms with Gasteiger partial charge >= 0.3 is 0 Å². The molecular weight excluding hydrogens is 371 g/mol. The van der Waals surface area contributed by atoms with Crippen LogP contribution in [0.5, 0.6) is 5.75 Å². The molecule has 7 heteroatoms. The second-order valence-corrected chi connectivity index (χ2v) is 6.67. The molecule has 5 nitrogen and oxygen atoms in total. The monoisotopic (exact) mass is 390 g/mol. The first-order valence-electron chi connectivity index (χ1n) is 8.74.